The summed E-state index contributed by atoms with van der Waals surface area (Å²) in [6, 6.07) is 7.89. The Morgan fingerprint density at radius 2 is 1.89 bits per heavy atom. The Kier molecular flexibility index (Phi) is 7.51. The Morgan fingerprint density at radius 3 is 2.59 bits per heavy atom. The fourth-order valence-electron chi connectivity index (χ4n) is 4.62. The van der Waals surface area contributed by atoms with E-state index >= 15 is 0 Å². The van der Waals surface area contributed by atoms with Crippen molar-refractivity contribution in [3.8, 4) is 5.75 Å². The number of ether oxygens (including phenoxy) is 1. The third-order valence-corrected chi connectivity index (χ3v) is 7.87. The number of hydrogen-bond donors (Lipinski definition) is 0. The number of benzene rings is 1. The molecule has 0 radical (unpaired) electrons. The van der Waals surface area contributed by atoms with Gasteiger partial charge in [-0.1, -0.05) is 50.3 Å². The minimum absolute atomic E-state index is 0.111. The van der Waals surface area contributed by atoms with Gasteiger partial charge in [0.1, 0.15) is 5.75 Å². The molecule has 150 valence electrons. The first kappa shape index (κ1) is 20.6. The van der Waals surface area contributed by atoms with Gasteiger partial charge in [0, 0.05) is 18.3 Å². The number of hydrogen-bond acceptors (Lipinski definition) is 3. The molecule has 0 bridgehead atoms. The van der Waals surface area contributed by atoms with Crippen molar-refractivity contribution in [1.29, 1.82) is 0 Å². The smallest absolute Gasteiger partial charge is 0.260 e. The molecule has 1 aromatic rings. The van der Waals surface area contributed by atoms with Crippen LogP contribution in [0.5, 0.6) is 5.75 Å². The molecule has 27 heavy (non-hydrogen) atoms. The topological polar surface area (TPSA) is 29.5 Å². The summed E-state index contributed by atoms with van der Waals surface area (Å²) in [5.41, 5.74) is 1.63. The maximum Gasteiger partial charge on any atom is 0.260 e. The highest BCUT2D eigenvalue weighted by atomic mass is 32.2. The van der Waals surface area contributed by atoms with Crippen molar-refractivity contribution in [3.63, 3.8) is 0 Å². The van der Waals surface area contributed by atoms with Crippen LogP contribution in [0.3, 0.4) is 0 Å². The largest absolute Gasteiger partial charge is 0.484 e. The number of para-hydroxylation sites is 1. The summed E-state index contributed by atoms with van der Waals surface area (Å²) in [4.78, 5) is 14.7. The fraction of sp³-hybridized carbons (Fsp3) is 0.696. The SMILES string of the molecule is CCN(CC1CC2(CCCCCCC2)CS1)C(=O)COc1ccccc1C. The maximum atomic E-state index is 12.7. The second-order valence-electron chi connectivity index (χ2n) is 8.39. The Bertz CT molecular complexity index is 610. The molecule has 1 spiro atoms. The molecule has 1 heterocycles. The van der Waals surface area contributed by atoms with Gasteiger partial charge < -0.3 is 9.64 Å². The van der Waals surface area contributed by atoms with Crippen LogP contribution in [0, 0.1) is 12.3 Å². The van der Waals surface area contributed by atoms with E-state index in [1.165, 1.54) is 57.1 Å². The minimum Gasteiger partial charge on any atom is -0.484 e. The molecule has 1 aromatic carbocycles. The van der Waals surface area contributed by atoms with Gasteiger partial charge in [-0.3, -0.25) is 4.79 Å². The summed E-state index contributed by atoms with van der Waals surface area (Å²) in [7, 11) is 0. The average Bonchev–Trinajstić information content (AvgIpc) is 3.06. The van der Waals surface area contributed by atoms with E-state index in [2.05, 4.69) is 18.7 Å². The van der Waals surface area contributed by atoms with Gasteiger partial charge in [0.05, 0.1) is 0 Å². The van der Waals surface area contributed by atoms with Crippen LogP contribution in [0.2, 0.25) is 0 Å². The van der Waals surface area contributed by atoms with Crippen molar-refractivity contribution in [1.82, 2.24) is 4.90 Å². The summed E-state index contributed by atoms with van der Waals surface area (Å²) in [6.07, 6.45) is 11.1. The third kappa shape index (κ3) is 5.66. The predicted octanol–water partition coefficient (Wildman–Crippen LogP) is 5.46. The lowest BCUT2D eigenvalue weighted by Crippen LogP contribution is -2.39. The van der Waals surface area contributed by atoms with E-state index in [1.807, 2.05) is 36.1 Å². The molecular weight excluding hydrogens is 354 g/mol. The Labute approximate surface area is 169 Å². The Balaban J connectivity index is 1.50. The van der Waals surface area contributed by atoms with E-state index < -0.39 is 0 Å². The van der Waals surface area contributed by atoms with Gasteiger partial charge in [0.2, 0.25) is 0 Å². The van der Waals surface area contributed by atoms with E-state index in [1.54, 1.807) is 0 Å². The molecular formula is C23H35NO2S. The summed E-state index contributed by atoms with van der Waals surface area (Å²) in [6.45, 7) is 5.87. The second kappa shape index (κ2) is 9.86. The van der Waals surface area contributed by atoms with Crippen molar-refractivity contribution in [2.45, 2.75) is 70.5 Å². The first-order valence-electron chi connectivity index (χ1n) is 10.7. The fourth-order valence-corrected chi connectivity index (χ4v) is 6.37. The number of rotatable bonds is 6. The maximum absolute atomic E-state index is 12.7. The van der Waals surface area contributed by atoms with Gasteiger partial charge in [-0.15, -0.1) is 0 Å². The molecule has 1 aliphatic carbocycles. The van der Waals surface area contributed by atoms with Crippen molar-refractivity contribution in [3.05, 3.63) is 29.8 Å². The van der Waals surface area contributed by atoms with Gasteiger partial charge in [0.25, 0.3) is 5.91 Å². The molecule has 1 saturated carbocycles. The molecule has 1 atom stereocenters. The van der Waals surface area contributed by atoms with Crippen LogP contribution in [0.25, 0.3) is 0 Å². The van der Waals surface area contributed by atoms with E-state index in [4.69, 9.17) is 4.74 Å². The molecule has 3 nitrogen and oxygen atoms in total. The van der Waals surface area contributed by atoms with Crippen LogP contribution in [-0.4, -0.2) is 41.5 Å². The molecule has 1 aliphatic heterocycles. The zero-order valence-electron chi connectivity index (χ0n) is 17.0. The van der Waals surface area contributed by atoms with Gasteiger partial charge >= 0.3 is 0 Å². The number of amides is 1. The third-order valence-electron chi connectivity index (χ3n) is 6.30. The normalized spacial score (nSPS) is 22.2. The zero-order valence-corrected chi connectivity index (χ0v) is 17.9. The summed E-state index contributed by atoms with van der Waals surface area (Å²) >= 11 is 2.11. The second-order valence-corrected chi connectivity index (χ2v) is 9.68. The highest BCUT2D eigenvalue weighted by molar-refractivity contribution is 8.00. The minimum atomic E-state index is 0.111. The molecule has 1 saturated heterocycles. The Morgan fingerprint density at radius 1 is 1.19 bits per heavy atom. The molecule has 2 fully saturated rings. The lowest BCUT2D eigenvalue weighted by molar-refractivity contribution is -0.133. The number of carbonyl (C=O) groups excluding carboxylic acids is 1. The monoisotopic (exact) mass is 389 g/mol. The Hall–Kier alpha value is -1.16. The quantitative estimate of drug-likeness (QED) is 0.647. The first-order valence-corrected chi connectivity index (χ1v) is 11.7. The number of aryl methyl sites for hydroxylation is 1. The van der Waals surface area contributed by atoms with Gasteiger partial charge in [-0.25, -0.2) is 0 Å². The standard InChI is InChI=1S/C23H35NO2S/c1-3-24(22(25)17-26-21-12-8-7-11-19(21)2)16-20-15-23(18-27-20)13-9-5-4-6-10-14-23/h7-8,11-12,20H,3-6,9-10,13-18H2,1-2H3. The van der Waals surface area contributed by atoms with Crippen molar-refractivity contribution < 1.29 is 9.53 Å². The van der Waals surface area contributed by atoms with Crippen LogP contribution in [0.4, 0.5) is 0 Å². The molecule has 1 amide bonds. The van der Waals surface area contributed by atoms with Gasteiger partial charge in [-0.05, 0) is 55.9 Å². The first-order chi connectivity index (χ1) is 13.1. The number of thioether (sulfide) groups is 1. The van der Waals surface area contributed by atoms with E-state index in [-0.39, 0.29) is 12.5 Å². The predicted molar refractivity (Wildman–Crippen MR) is 115 cm³/mol. The number of likely N-dealkylation sites (N-methyl/N-ethyl adjacent to an activating group) is 1. The number of nitrogens with zero attached hydrogens (tertiary/aromatic N) is 1. The van der Waals surface area contributed by atoms with Crippen molar-refractivity contribution >= 4 is 17.7 Å². The van der Waals surface area contributed by atoms with Crippen LogP contribution >= 0.6 is 11.8 Å². The van der Waals surface area contributed by atoms with Crippen LogP contribution in [0.15, 0.2) is 24.3 Å². The lowest BCUT2D eigenvalue weighted by atomic mass is 9.75. The molecule has 0 N–H and O–H groups in total. The highest BCUT2D eigenvalue weighted by Gasteiger charge is 2.39. The lowest BCUT2D eigenvalue weighted by Gasteiger charge is -2.31. The van der Waals surface area contributed by atoms with Crippen LogP contribution in [0.1, 0.15) is 63.9 Å². The summed E-state index contributed by atoms with van der Waals surface area (Å²) < 4.78 is 5.79. The van der Waals surface area contributed by atoms with Crippen molar-refractivity contribution in [2.75, 3.05) is 25.4 Å². The van der Waals surface area contributed by atoms with E-state index in [0.29, 0.717) is 10.7 Å². The van der Waals surface area contributed by atoms with Gasteiger partial charge in [-0.2, -0.15) is 11.8 Å². The van der Waals surface area contributed by atoms with Crippen LogP contribution < -0.4 is 4.74 Å². The van der Waals surface area contributed by atoms with Crippen LogP contribution in [-0.2, 0) is 4.79 Å². The van der Waals surface area contributed by atoms with E-state index in [9.17, 15) is 4.79 Å². The summed E-state index contributed by atoms with van der Waals surface area (Å²) in [5, 5.41) is 0.590. The summed E-state index contributed by atoms with van der Waals surface area (Å²) in [5.74, 6) is 2.22. The molecule has 2 aliphatic rings. The van der Waals surface area contributed by atoms with Gasteiger partial charge in [0.15, 0.2) is 6.61 Å². The highest BCUT2D eigenvalue weighted by Crippen LogP contribution is 2.49. The molecule has 1 unspecified atom stereocenters. The molecule has 3 rings (SSSR count). The number of carbonyl (C=O) groups is 1. The molecule has 4 heteroatoms. The van der Waals surface area contributed by atoms with E-state index in [0.717, 1.165) is 24.4 Å². The van der Waals surface area contributed by atoms with Crippen molar-refractivity contribution in [2.24, 2.45) is 5.41 Å². The average molecular weight is 390 g/mol. The molecule has 0 aromatic heterocycles. The zero-order chi connectivity index (χ0) is 19.1.